The molecule has 2 aromatic heterocycles. The van der Waals surface area contributed by atoms with Gasteiger partial charge in [-0.2, -0.15) is 0 Å². The summed E-state index contributed by atoms with van der Waals surface area (Å²) in [7, 11) is 0. The number of aliphatic hydroxyl groups is 1. The lowest BCUT2D eigenvalue weighted by molar-refractivity contribution is -0.140. The number of carbonyl (C=O) groups is 2. The number of hydrogen-bond acceptors (Lipinski definition) is 5. The zero-order valence-corrected chi connectivity index (χ0v) is 20.1. The average Bonchev–Trinajstić information content (AvgIpc) is 3.62. The van der Waals surface area contributed by atoms with E-state index in [0.717, 1.165) is 35.7 Å². The van der Waals surface area contributed by atoms with E-state index in [1.165, 1.54) is 11.2 Å². The van der Waals surface area contributed by atoms with Crippen LogP contribution in [0, 0.1) is 0 Å². The van der Waals surface area contributed by atoms with Crippen LogP contribution in [0.1, 0.15) is 49.1 Å². The van der Waals surface area contributed by atoms with Crippen molar-refractivity contribution in [3.63, 3.8) is 0 Å². The number of amides is 1. The highest BCUT2D eigenvalue weighted by Gasteiger charge is 2.47. The van der Waals surface area contributed by atoms with Crippen molar-refractivity contribution in [3.05, 3.63) is 95.6 Å². The zero-order valence-electron chi connectivity index (χ0n) is 20.1. The number of aromatic nitrogens is 1. The molecule has 7 heteroatoms. The van der Waals surface area contributed by atoms with Crippen LogP contribution in [-0.4, -0.2) is 33.3 Å². The highest BCUT2D eigenvalue weighted by Crippen LogP contribution is 2.42. The number of nitrogens with zero attached hydrogens (tertiary/aromatic N) is 1. The fraction of sp³-hybridized carbons (Fsp3) is 0.241. The second-order valence-corrected chi connectivity index (χ2v) is 8.88. The molecule has 1 aliphatic heterocycles. The topological polar surface area (TPSA) is 95.8 Å². The van der Waals surface area contributed by atoms with Gasteiger partial charge in [0, 0.05) is 28.2 Å². The van der Waals surface area contributed by atoms with E-state index in [0.29, 0.717) is 23.7 Å². The number of nitrogens with one attached hydrogen (secondary N) is 1. The third-order valence-electron chi connectivity index (χ3n) is 6.51. The van der Waals surface area contributed by atoms with Gasteiger partial charge in [-0.3, -0.25) is 9.59 Å². The summed E-state index contributed by atoms with van der Waals surface area (Å²) in [5, 5.41) is 12.2. The number of ketones is 1. The van der Waals surface area contributed by atoms with Crippen molar-refractivity contribution in [1.29, 1.82) is 0 Å². The van der Waals surface area contributed by atoms with Crippen LogP contribution in [0.3, 0.4) is 0 Å². The first kappa shape index (κ1) is 23.5. The van der Waals surface area contributed by atoms with Crippen molar-refractivity contribution in [2.45, 2.75) is 38.8 Å². The maximum Gasteiger partial charge on any atom is 0.296 e. The molecule has 1 atom stereocenters. The number of carbonyl (C=O) groups excluding carboxylic acids is 2. The van der Waals surface area contributed by atoms with Crippen LogP contribution in [0.5, 0.6) is 5.75 Å². The van der Waals surface area contributed by atoms with E-state index < -0.39 is 17.7 Å². The average molecular weight is 485 g/mol. The number of H-pyrrole nitrogens is 1. The molecular formula is C29H28N2O5. The fourth-order valence-electron chi connectivity index (χ4n) is 4.66. The summed E-state index contributed by atoms with van der Waals surface area (Å²) in [6.45, 7) is 2.86. The lowest BCUT2D eigenvalue weighted by Crippen LogP contribution is -2.29. The molecule has 184 valence electrons. The Bertz CT molecular complexity index is 1400. The van der Waals surface area contributed by atoms with Gasteiger partial charge in [0.15, 0.2) is 0 Å². The number of aliphatic hydroxyl groups excluding tert-OH is 1. The molecule has 3 heterocycles. The van der Waals surface area contributed by atoms with Gasteiger partial charge in [-0.25, -0.2) is 0 Å². The Morgan fingerprint density at radius 2 is 1.86 bits per heavy atom. The third kappa shape index (κ3) is 4.40. The molecule has 1 fully saturated rings. The molecule has 1 amide bonds. The zero-order chi connectivity index (χ0) is 25.1. The van der Waals surface area contributed by atoms with E-state index in [4.69, 9.17) is 9.15 Å². The number of likely N-dealkylation sites (tertiary alicyclic amines) is 1. The number of unbranched alkanes of at least 4 members (excludes halogenated alkanes) is 2. The number of para-hydroxylation sites is 1. The molecule has 2 aromatic carbocycles. The molecule has 2 N–H and O–H groups in total. The first-order chi connectivity index (χ1) is 17.6. The van der Waals surface area contributed by atoms with E-state index in [-0.39, 0.29) is 17.9 Å². The fourth-order valence-corrected chi connectivity index (χ4v) is 4.66. The summed E-state index contributed by atoms with van der Waals surface area (Å²) in [5.74, 6) is -0.392. The lowest BCUT2D eigenvalue weighted by atomic mass is 9.95. The van der Waals surface area contributed by atoms with Gasteiger partial charge in [0.05, 0.1) is 31.0 Å². The van der Waals surface area contributed by atoms with Crippen LogP contribution in [0.4, 0.5) is 0 Å². The van der Waals surface area contributed by atoms with Crippen molar-refractivity contribution in [2.24, 2.45) is 0 Å². The van der Waals surface area contributed by atoms with Gasteiger partial charge >= 0.3 is 0 Å². The lowest BCUT2D eigenvalue weighted by Gasteiger charge is -2.24. The summed E-state index contributed by atoms with van der Waals surface area (Å²) >= 11 is 0. The van der Waals surface area contributed by atoms with Crippen molar-refractivity contribution in [1.82, 2.24) is 9.88 Å². The Kier molecular flexibility index (Phi) is 6.62. The molecule has 0 spiro atoms. The minimum absolute atomic E-state index is 0.0490. The monoisotopic (exact) mass is 484 g/mol. The normalized spacial score (nSPS) is 17.2. The molecule has 0 radical (unpaired) electrons. The number of rotatable bonds is 9. The van der Waals surface area contributed by atoms with E-state index in [2.05, 4.69) is 11.9 Å². The Morgan fingerprint density at radius 1 is 1.06 bits per heavy atom. The molecule has 1 saturated heterocycles. The minimum Gasteiger partial charge on any atom is -0.507 e. The van der Waals surface area contributed by atoms with Gasteiger partial charge in [0.1, 0.15) is 17.3 Å². The van der Waals surface area contributed by atoms with Gasteiger partial charge in [-0.1, -0.05) is 38.0 Å². The van der Waals surface area contributed by atoms with Crippen molar-refractivity contribution >= 4 is 28.4 Å². The molecule has 7 nitrogen and oxygen atoms in total. The number of furan rings is 1. The van der Waals surface area contributed by atoms with Gasteiger partial charge in [-0.05, 0) is 48.9 Å². The molecular weight excluding hydrogens is 456 g/mol. The van der Waals surface area contributed by atoms with Crippen LogP contribution in [0.15, 0.2) is 83.1 Å². The summed E-state index contributed by atoms with van der Waals surface area (Å²) in [4.78, 5) is 31.2. The largest absolute Gasteiger partial charge is 0.507 e. The number of ether oxygens (including phenoxy) is 1. The SMILES string of the molecule is CCCCCOc1ccc(/C(O)=C2\C(=O)C(=O)N(Cc3ccco3)C2c2c[nH]c3ccccc23)cc1. The molecule has 0 bridgehead atoms. The maximum absolute atomic E-state index is 13.3. The van der Waals surface area contributed by atoms with Crippen LogP contribution in [0.2, 0.25) is 0 Å². The third-order valence-corrected chi connectivity index (χ3v) is 6.51. The first-order valence-electron chi connectivity index (χ1n) is 12.2. The Balaban J connectivity index is 1.55. The van der Waals surface area contributed by atoms with Crippen molar-refractivity contribution < 1.29 is 23.8 Å². The van der Waals surface area contributed by atoms with Gasteiger partial charge in [0.25, 0.3) is 11.7 Å². The molecule has 0 aliphatic carbocycles. The first-order valence-corrected chi connectivity index (χ1v) is 12.2. The van der Waals surface area contributed by atoms with E-state index in [9.17, 15) is 14.7 Å². The Labute approximate surface area is 209 Å². The Morgan fingerprint density at radius 3 is 2.61 bits per heavy atom. The second kappa shape index (κ2) is 10.2. The molecule has 1 aliphatic rings. The van der Waals surface area contributed by atoms with E-state index >= 15 is 0 Å². The predicted octanol–water partition coefficient (Wildman–Crippen LogP) is 5.95. The standard InChI is InChI=1S/C29H28N2O5/c1-2-3-6-15-35-20-13-11-19(12-14-20)27(32)25-26(23-17-30-24-10-5-4-9-22(23)24)31(29(34)28(25)33)18-21-8-7-16-36-21/h4-5,7-14,16-17,26,30,32H,2-3,6,15,18H2,1H3/b27-25+. The molecule has 1 unspecified atom stereocenters. The van der Waals surface area contributed by atoms with E-state index in [1.807, 2.05) is 24.3 Å². The van der Waals surface area contributed by atoms with Crippen LogP contribution in [-0.2, 0) is 16.1 Å². The summed E-state index contributed by atoms with van der Waals surface area (Å²) in [5.41, 5.74) is 2.10. The highest BCUT2D eigenvalue weighted by atomic mass is 16.5. The molecule has 5 rings (SSSR count). The molecule has 0 saturated carbocycles. The summed E-state index contributed by atoms with van der Waals surface area (Å²) in [6, 6.07) is 17.3. The number of benzene rings is 2. The second-order valence-electron chi connectivity index (χ2n) is 8.88. The predicted molar refractivity (Wildman–Crippen MR) is 136 cm³/mol. The van der Waals surface area contributed by atoms with Gasteiger partial charge < -0.3 is 24.1 Å². The molecule has 4 aromatic rings. The number of fused-ring (bicyclic) bond motifs is 1. The summed E-state index contributed by atoms with van der Waals surface area (Å²) in [6.07, 6.45) is 6.51. The van der Waals surface area contributed by atoms with Crippen LogP contribution in [0.25, 0.3) is 16.7 Å². The Hall–Kier alpha value is -4.26. The number of hydrogen-bond donors (Lipinski definition) is 2. The van der Waals surface area contributed by atoms with Crippen LogP contribution >= 0.6 is 0 Å². The van der Waals surface area contributed by atoms with Crippen molar-refractivity contribution in [2.75, 3.05) is 6.61 Å². The van der Waals surface area contributed by atoms with Gasteiger partial charge in [0.2, 0.25) is 0 Å². The van der Waals surface area contributed by atoms with E-state index in [1.54, 1.807) is 42.6 Å². The minimum atomic E-state index is -0.781. The van der Waals surface area contributed by atoms with Crippen LogP contribution < -0.4 is 4.74 Å². The molecule has 36 heavy (non-hydrogen) atoms. The highest BCUT2D eigenvalue weighted by molar-refractivity contribution is 6.46. The smallest absolute Gasteiger partial charge is 0.296 e. The maximum atomic E-state index is 13.3. The number of Topliss-reactive ketones (excluding diaryl/α,β-unsaturated/α-hetero) is 1. The number of aromatic amines is 1. The quantitative estimate of drug-likeness (QED) is 0.132. The summed E-state index contributed by atoms with van der Waals surface area (Å²) < 4.78 is 11.2. The van der Waals surface area contributed by atoms with Crippen molar-refractivity contribution in [3.8, 4) is 5.75 Å². The van der Waals surface area contributed by atoms with Gasteiger partial charge in [-0.15, -0.1) is 0 Å².